The molecule has 100 valence electrons. The Labute approximate surface area is 116 Å². The zero-order valence-corrected chi connectivity index (χ0v) is 12.0. The lowest BCUT2D eigenvalue weighted by molar-refractivity contribution is 0.682. The number of pyridine rings is 1. The molecular weight excluding hydrogens is 256 g/mol. The number of nitrogens with two attached hydrogens (primary N) is 1. The maximum atomic E-state index is 12.4. The maximum Gasteiger partial charge on any atom is 0.0580 e. The number of nitrogens with zero attached hydrogens (tertiary/aromatic N) is 1. The average molecular weight is 274 g/mol. The first-order valence-electron chi connectivity index (χ1n) is 6.20. The van der Waals surface area contributed by atoms with E-state index in [2.05, 4.69) is 11.9 Å². The molecule has 2 rings (SSSR count). The minimum Gasteiger partial charge on any atom is -0.325 e. The molecule has 3 nitrogen and oxygen atoms in total. The summed E-state index contributed by atoms with van der Waals surface area (Å²) in [5.41, 5.74) is 9.80. The van der Waals surface area contributed by atoms with Crippen LogP contribution in [0, 0.1) is 13.8 Å². The van der Waals surface area contributed by atoms with E-state index in [0.717, 1.165) is 21.7 Å². The molecule has 1 heterocycles. The van der Waals surface area contributed by atoms with Crippen LogP contribution in [0.15, 0.2) is 41.4 Å². The van der Waals surface area contributed by atoms with Crippen molar-refractivity contribution in [3.63, 3.8) is 0 Å². The topological polar surface area (TPSA) is 56.0 Å². The maximum absolute atomic E-state index is 12.4. The van der Waals surface area contributed by atoms with Gasteiger partial charge in [0.15, 0.2) is 0 Å². The van der Waals surface area contributed by atoms with E-state index in [1.54, 1.807) is 6.20 Å². The Bertz CT molecular complexity index is 611. The number of hydrogen-bond acceptors (Lipinski definition) is 3. The molecule has 0 aliphatic heterocycles. The Balaban J connectivity index is 2.23. The quantitative estimate of drug-likeness (QED) is 0.931. The minimum absolute atomic E-state index is 0.375. The fourth-order valence-corrected chi connectivity index (χ4v) is 3.11. The van der Waals surface area contributed by atoms with Crippen molar-refractivity contribution in [3.8, 4) is 0 Å². The number of hydrogen-bond donors (Lipinski definition) is 1. The third-order valence-corrected chi connectivity index (χ3v) is 4.56. The SMILES string of the molecule is Cc1ccc(S(=O)Cc2cccnc2CN)cc1C. The average Bonchev–Trinajstić information content (AvgIpc) is 2.42. The Morgan fingerprint density at radius 1 is 1.21 bits per heavy atom. The predicted octanol–water partition coefficient (Wildman–Crippen LogP) is 2.46. The molecule has 0 saturated carbocycles. The van der Waals surface area contributed by atoms with Gasteiger partial charge >= 0.3 is 0 Å². The molecule has 19 heavy (non-hydrogen) atoms. The highest BCUT2D eigenvalue weighted by Gasteiger charge is 2.09. The zero-order chi connectivity index (χ0) is 13.8. The van der Waals surface area contributed by atoms with Crippen LogP contribution in [0.3, 0.4) is 0 Å². The van der Waals surface area contributed by atoms with Gasteiger partial charge in [-0.05, 0) is 48.7 Å². The van der Waals surface area contributed by atoms with Crippen LogP contribution in [-0.2, 0) is 23.1 Å². The zero-order valence-electron chi connectivity index (χ0n) is 11.2. The standard InChI is InChI=1S/C15H18N2OS/c1-11-5-6-14(8-12(11)2)19(18)10-13-4-3-7-17-15(13)9-16/h3-8H,9-10,16H2,1-2H3. The van der Waals surface area contributed by atoms with Gasteiger partial charge in [0, 0.05) is 17.6 Å². The molecule has 4 heteroatoms. The highest BCUT2D eigenvalue weighted by Crippen LogP contribution is 2.17. The van der Waals surface area contributed by atoms with Crippen molar-refractivity contribution in [1.29, 1.82) is 0 Å². The Morgan fingerprint density at radius 2 is 2.00 bits per heavy atom. The van der Waals surface area contributed by atoms with E-state index < -0.39 is 10.8 Å². The van der Waals surface area contributed by atoms with Crippen LogP contribution in [0.1, 0.15) is 22.4 Å². The summed E-state index contributed by atoms with van der Waals surface area (Å²) >= 11 is 0. The third-order valence-electron chi connectivity index (χ3n) is 3.21. The summed E-state index contributed by atoms with van der Waals surface area (Å²) in [4.78, 5) is 5.07. The molecule has 0 aliphatic rings. The normalized spacial score (nSPS) is 12.4. The summed E-state index contributed by atoms with van der Waals surface area (Å²) < 4.78 is 12.4. The highest BCUT2D eigenvalue weighted by molar-refractivity contribution is 7.84. The van der Waals surface area contributed by atoms with Crippen molar-refractivity contribution in [1.82, 2.24) is 4.98 Å². The molecule has 1 aromatic carbocycles. The van der Waals surface area contributed by atoms with Gasteiger partial charge < -0.3 is 5.73 Å². The van der Waals surface area contributed by atoms with E-state index in [0.29, 0.717) is 12.3 Å². The lowest BCUT2D eigenvalue weighted by Crippen LogP contribution is -2.06. The summed E-state index contributed by atoms with van der Waals surface area (Å²) in [6, 6.07) is 9.72. The van der Waals surface area contributed by atoms with Crippen molar-refractivity contribution < 1.29 is 4.21 Å². The van der Waals surface area contributed by atoms with Crippen LogP contribution in [-0.4, -0.2) is 9.19 Å². The lowest BCUT2D eigenvalue weighted by Gasteiger charge is -2.08. The van der Waals surface area contributed by atoms with Gasteiger partial charge in [0.05, 0.1) is 22.2 Å². The van der Waals surface area contributed by atoms with Gasteiger partial charge in [0.1, 0.15) is 0 Å². The van der Waals surface area contributed by atoms with Crippen LogP contribution in [0.4, 0.5) is 0 Å². The fourth-order valence-electron chi connectivity index (χ4n) is 1.87. The van der Waals surface area contributed by atoms with Gasteiger partial charge in [0.2, 0.25) is 0 Å². The van der Waals surface area contributed by atoms with E-state index in [1.807, 2.05) is 37.3 Å². The van der Waals surface area contributed by atoms with Gasteiger partial charge in [0.25, 0.3) is 0 Å². The smallest absolute Gasteiger partial charge is 0.0580 e. The van der Waals surface area contributed by atoms with E-state index in [1.165, 1.54) is 5.56 Å². The van der Waals surface area contributed by atoms with Crippen LogP contribution in [0.2, 0.25) is 0 Å². The van der Waals surface area contributed by atoms with Crippen molar-refractivity contribution >= 4 is 10.8 Å². The first-order chi connectivity index (χ1) is 9.11. The van der Waals surface area contributed by atoms with Crippen LogP contribution in [0.5, 0.6) is 0 Å². The summed E-state index contributed by atoms with van der Waals surface area (Å²) in [5, 5.41) is 0. The molecule has 0 saturated heterocycles. The third kappa shape index (κ3) is 3.28. The van der Waals surface area contributed by atoms with E-state index in [4.69, 9.17) is 5.73 Å². The van der Waals surface area contributed by atoms with Crippen LogP contribution < -0.4 is 5.73 Å². The first-order valence-corrected chi connectivity index (χ1v) is 7.52. The monoisotopic (exact) mass is 274 g/mol. The molecule has 2 aromatic rings. The molecule has 0 aliphatic carbocycles. The molecule has 2 N–H and O–H groups in total. The largest absolute Gasteiger partial charge is 0.325 e. The Morgan fingerprint density at radius 3 is 2.68 bits per heavy atom. The van der Waals surface area contributed by atoms with E-state index in [-0.39, 0.29) is 0 Å². The second-order valence-corrected chi connectivity index (χ2v) is 6.00. The number of aryl methyl sites for hydroxylation is 2. The van der Waals surface area contributed by atoms with Crippen molar-refractivity contribution in [2.24, 2.45) is 5.73 Å². The number of aromatic nitrogens is 1. The van der Waals surface area contributed by atoms with Gasteiger partial charge in [-0.15, -0.1) is 0 Å². The summed E-state index contributed by atoms with van der Waals surface area (Å²) in [7, 11) is -1.06. The van der Waals surface area contributed by atoms with Crippen molar-refractivity contribution in [2.75, 3.05) is 0 Å². The molecule has 1 aromatic heterocycles. The van der Waals surface area contributed by atoms with Crippen LogP contribution in [0.25, 0.3) is 0 Å². The van der Waals surface area contributed by atoms with Gasteiger partial charge in [-0.3, -0.25) is 9.19 Å². The van der Waals surface area contributed by atoms with Crippen molar-refractivity contribution in [2.45, 2.75) is 31.0 Å². The van der Waals surface area contributed by atoms with E-state index in [9.17, 15) is 4.21 Å². The lowest BCUT2D eigenvalue weighted by atomic mass is 10.1. The molecule has 1 atom stereocenters. The summed E-state index contributed by atoms with van der Waals surface area (Å²) in [6.45, 7) is 4.46. The second-order valence-electron chi connectivity index (χ2n) is 4.55. The van der Waals surface area contributed by atoms with Crippen LogP contribution >= 0.6 is 0 Å². The molecule has 0 amide bonds. The van der Waals surface area contributed by atoms with Gasteiger partial charge in [-0.2, -0.15) is 0 Å². The first kappa shape index (κ1) is 13.9. The Hall–Kier alpha value is -1.52. The molecule has 0 fully saturated rings. The van der Waals surface area contributed by atoms with Gasteiger partial charge in [-0.25, -0.2) is 0 Å². The number of benzene rings is 1. The van der Waals surface area contributed by atoms with Gasteiger partial charge in [-0.1, -0.05) is 12.1 Å². The summed E-state index contributed by atoms with van der Waals surface area (Å²) in [5.74, 6) is 0.461. The van der Waals surface area contributed by atoms with E-state index >= 15 is 0 Å². The fraction of sp³-hybridized carbons (Fsp3) is 0.267. The van der Waals surface area contributed by atoms with Crippen molar-refractivity contribution in [3.05, 3.63) is 58.9 Å². The molecular formula is C15H18N2OS. The summed E-state index contributed by atoms with van der Waals surface area (Å²) in [6.07, 6.45) is 1.71. The molecule has 1 unspecified atom stereocenters. The second kappa shape index (κ2) is 6.08. The molecule has 0 radical (unpaired) electrons. The number of rotatable bonds is 4. The predicted molar refractivity (Wildman–Crippen MR) is 78.2 cm³/mol. The molecule has 0 spiro atoms. The Kier molecular flexibility index (Phi) is 4.45. The highest BCUT2D eigenvalue weighted by atomic mass is 32.2. The molecule has 0 bridgehead atoms. The minimum atomic E-state index is -1.06.